The normalized spacial score (nSPS) is 17.0. The number of hydrogen-bond donors (Lipinski definition) is 2. The molecule has 0 unspecified atom stereocenters. The summed E-state index contributed by atoms with van der Waals surface area (Å²) in [4.78, 5) is 43.5. The largest absolute Gasteiger partial charge is 0.492 e. The molecule has 0 saturated carbocycles. The summed E-state index contributed by atoms with van der Waals surface area (Å²) < 4.78 is 43.1. The highest BCUT2D eigenvalue weighted by Crippen LogP contribution is 2.26. The van der Waals surface area contributed by atoms with Crippen LogP contribution >= 0.6 is 0 Å². The number of benzene rings is 3. The van der Waals surface area contributed by atoms with E-state index in [1.807, 2.05) is 44.2 Å². The van der Waals surface area contributed by atoms with Crippen LogP contribution in [0.2, 0.25) is 0 Å². The van der Waals surface area contributed by atoms with E-state index < -0.39 is 40.2 Å². The quantitative estimate of drug-likeness (QED) is 0.291. The third-order valence-electron chi connectivity index (χ3n) is 8.03. The molecule has 0 aliphatic carbocycles. The van der Waals surface area contributed by atoms with Crippen LogP contribution in [0.15, 0.2) is 86.9 Å². The number of fused-ring (bicyclic) bond motifs is 4. The molecular formula is C33H35N7O7S. The lowest BCUT2D eigenvalue weighted by atomic mass is 10.0. The van der Waals surface area contributed by atoms with Crippen molar-refractivity contribution in [1.82, 2.24) is 34.3 Å². The lowest BCUT2D eigenvalue weighted by Crippen LogP contribution is -2.45. The maximum absolute atomic E-state index is 14.1. The van der Waals surface area contributed by atoms with Crippen LogP contribution in [0, 0.1) is 5.92 Å². The molecule has 2 aromatic heterocycles. The Balaban J connectivity index is 1.38. The van der Waals surface area contributed by atoms with Crippen LogP contribution in [0.5, 0.6) is 5.75 Å². The summed E-state index contributed by atoms with van der Waals surface area (Å²) >= 11 is 0. The first kappa shape index (κ1) is 32.7. The zero-order valence-electron chi connectivity index (χ0n) is 26.6. The van der Waals surface area contributed by atoms with Gasteiger partial charge in [-0.3, -0.25) is 14.2 Å². The van der Waals surface area contributed by atoms with Gasteiger partial charge < -0.3 is 19.8 Å². The molecule has 3 heterocycles. The van der Waals surface area contributed by atoms with E-state index in [-0.39, 0.29) is 48.2 Å². The number of aryl methyl sites for hydroxylation is 1. The van der Waals surface area contributed by atoms with E-state index in [1.165, 1.54) is 29.8 Å². The molecule has 2 amide bonds. The van der Waals surface area contributed by atoms with Gasteiger partial charge in [-0.1, -0.05) is 50.2 Å². The van der Waals surface area contributed by atoms with Gasteiger partial charge in [-0.15, -0.1) is 0 Å². The number of nitrogens with one attached hydrogen (secondary N) is 2. The smallest absolute Gasteiger partial charge is 0.419 e. The molecule has 2 N–H and O–H groups in total. The molecule has 5 aromatic rings. The monoisotopic (exact) mass is 673 g/mol. The first-order chi connectivity index (χ1) is 23.0. The molecule has 250 valence electrons. The maximum Gasteiger partial charge on any atom is 0.419 e. The van der Waals surface area contributed by atoms with E-state index in [2.05, 4.69) is 10.6 Å². The summed E-state index contributed by atoms with van der Waals surface area (Å²) in [6.07, 6.45) is 0. The van der Waals surface area contributed by atoms with Crippen LogP contribution in [0.1, 0.15) is 36.1 Å². The summed E-state index contributed by atoms with van der Waals surface area (Å²) in [5, 5.41) is 10.5. The van der Waals surface area contributed by atoms with E-state index >= 15 is 0 Å². The van der Waals surface area contributed by atoms with Crippen molar-refractivity contribution in [2.24, 2.45) is 13.0 Å². The predicted octanol–water partition coefficient (Wildman–Crippen LogP) is 2.72. The minimum absolute atomic E-state index is 0.0920. The summed E-state index contributed by atoms with van der Waals surface area (Å²) in [5.41, 5.74) is 1.61. The number of hydrogen-bond acceptors (Lipinski definition) is 9. The fourth-order valence-electron chi connectivity index (χ4n) is 5.44. The molecule has 14 nitrogen and oxygen atoms in total. The van der Waals surface area contributed by atoms with Gasteiger partial charge in [0.2, 0.25) is 15.9 Å². The van der Waals surface area contributed by atoms with E-state index in [4.69, 9.17) is 19.2 Å². The minimum atomic E-state index is -4.31. The molecule has 0 spiro atoms. The number of oxazole rings is 1. The first-order valence-corrected chi connectivity index (χ1v) is 16.9. The zero-order valence-corrected chi connectivity index (χ0v) is 27.4. The SMILES string of the molecule is CC(C)[C@@H]1NC(=O)CN(S(=O)(=O)c2ccc3oc(=O)n(C)c3c2)CCNC(=O)c2cccc(c2)OCCn2nc(-c3ccccc3)nc21. The molecular weight excluding hydrogens is 638 g/mol. The van der Waals surface area contributed by atoms with Crippen molar-refractivity contribution in [1.29, 1.82) is 0 Å². The minimum Gasteiger partial charge on any atom is -0.492 e. The van der Waals surface area contributed by atoms with Crippen molar-refractivity contribution >= 4 is 32.9 Å². The van der Waals surface area contributed by atoms with Crippen LogP contribution < -0.4 is 21.1 Å². The molecule has 0 fully saturated rings. The molecule has 1 aliphatic rings. The van der Waals surface area contributed by atoms with E-state index in [0.29, 0.717) is 23.0 Å². The highest BCUT2D eigenvalue weighted by atomic mass is 32.2. The highest BCUT2D eigenvalue weighted by molar-refractivity contribution is 7.89. The second kappa shape index (κ2) is 13.4. The van der Waals surface area contributed by atoms with Crippen molar-refractivity contribution in [2.45, 2.75) is 31.3 Å². The second-order valence-corrected chi connectivity index (χ2v) is 13.6. The van der Waals surface area contributed by atoms with Gasteiger partial charge >= 0.3 is 5.76 Å². The molecule has 1 aliphatic heterocycles. The van der Waals surface area contributed by atoms with Crippen molar-refractivity contribution in [3.8, 4) is 17.1 Å². The van der Waals surface area contributed by atoms with E-state index in [9.17, 15) is 22.8 Å². The molecule has 15 heteroatoms. The Morgan fingerprint density at radius 3 is 2.48 bits per heavy atom. The zero-order chi connectivity index (χ0) is 34.0. The average Bonchev–Trinajstić information content (AvgIpc) is 3.62. The number of carbonyl (C=O) groups is 2. The molecule has 6 rings (SSSR count). The average molecular weight is 674 g/mol. The Morgan fingerprint density at radius 2 is 1.71 bits per heavy atom. The van der Waals surface area contributed by atoms with E-state index in [1.54, 1.807) is 28.9 Å². The summed E-state index contributed by atoms with van der Waals surface area (Å²) in [6, 6.07) is 19.5. The topological polar surface area (TPSA) is 171 Å². The van der Waals surface area contributed by atoms with Gasteiger partial charge in [0.25, 0.3) is 5.91 Å². The Bertz CT molecular complexity index is 2140. The number of amides is 2. The van der Waals surface area contributed by atoms with Gasteiger partial charge in [-0.05, 0) is 42.3 Å². The third-order valence-corrected chi connectivity index (χ3v) is 9.87. The van der Waals surface area contributed by atoms with Gasteiger partial charge in [0.15, 0.2) is 17.2 Å². The van der Waals surface area contributed by atoms with Crippen LogP contribution in [0.25, 0.3) is 22.5 Å². The van der Waals surface area contributed by atoms with Crippen molar-refractivity contribution in [3.63, 3.8) is 0 Å². The van der Waals surface area contributed by atoms with Crippen LogP contribution in [-0.2, 0) is 28.4 Å². The second-order valence-electron chi connectivity index (χ2n) is 11.7. The molecule has 1 atom stereocenters. The van der Waals surface area contributed by atoms with Gasteiger partial charge in [-0.25, -0.2) is 22.9 Å². The van der Waals surface area contributed by atoms with Crippen molar-refractivity contribution in [2.75, 3.05) is 26.2 Å². The van der Waals surface area contributed by atoms with Crippen LogP contribution in [0.3, 0.4) is 0 Å². The van der Waals surface area contributed by atoms with Gasteiger partial charge in [-0.2, -0.15) is 9.40 Å². The van der Waals surface area contributed by atoms with Crippen LogP contribution in [0.4, 0.5) is 0 Å². The lowest BCUT2D eigenvalue weighted by Gasteiger charge is -2.25. The van der Waals surface area contributed by atoms with Crippen LogP contribution in [-0.4, -0.2) is 70.1 Å². The van der Waals surface area contributed by atoms with Gasteiger partial charge in [0.05, 0.1) is 29.5 Å². The van der Waals surface area contributed by atoms with Crippen molar-refractivity contribution < 1.29 is 27.2 Å². The fraction of sp³-hybridized carbons (Fsp3) is 0.303. The van der Waals surface area contributed by atoms with Gasteiger partial charge in [0.1, 0.15) is 12.4 Å². The summed E-state index contributed by atoms with van der Waals surface area (Å²) in [6.45, 7) is 3.46. The van der Waals surface area contributed by atoms with Crippen molar-refractivity contribution in [3.05, 3.63) is 94.7 Å². The molecule has 2 bridgehead atoms. The predicted molar refractivity (Wildman–Crippen MR) is 176 cm³/mol. The third kappa shape index (κ3) is 6.73. The Kier molecular flexibility index (Phi) is 9.15. The number of carbonyl (C=O) groups excluding carboxylic acids is 2. The summed E-state index contributed by atoms with van der Waals surface area (Å²) in [7, 11) is -2.84. The highest BCUT2D eigenvalue weighted by Gasteiger charge is 2.31. The summed E-state index contributed by atoms with van der Waals surface area (Å²) in [5.74, 6) is -0.396. The number of ether oxygens (including phenoxy) is 1. The Labute approximate surface area is 276 Å². The number of sulfonamides is 1. The molecule has 0 saturated heterocycles. The van der Waals surface area contributed by atoms with E-state index in [0.717, 1.165) is 9.87 Å². The fourth-order valence-corrected chi connectivity index (χ4v) is 6.86. The molecule has 48 heavy (non-hydrogen) atoms. The lowest BCUT2D eigenvalue weighted by molar-refractivity contribution is -0.122. The maximum atomic E-state index is 14.1. The molecule has 0 radical (unpaired) electrons. The Hall–Kier alpha value is -5.28. The Morgan fingerprint density at radius 1 is 0.938 bits per heavy atom. The number of aromatic nitrogens is 4. The first-order valence-electron chi connectivity index (χ1n) is 15.4. The number of rotatable bonds is 4. The van der Waals surface area contributed by atoms with Gasteiger partial charge in [0, 0.05) is 31.3 Å². The molecule has 3 aromatic carbocycles. The standard InChI is InChI=1S/C33H35N7O7S/c1-21(2)29-31-36-30(22-8-5-4-6-9-22)37-40(31)16-17-46-24-11-7-10-23(18-24)32(42)34-14-15-39(20-28(41)35-29)48(44,45)25-12-13-27-26(19-25)38(3)33(43)47-27/h4-13,18-19,21,29H,14-17,20H2,1-3H3,(H,34,42)(H,35,41)/t29-/m0/s1. The number of nitrogens with zero attached hydrogens (tertiary/aromatic N) is 5.